The minimum absolute atomic E-state index is 0.0195. The Kier molecular flexibility index (Phi) is 6.75. The molecule has 0 spiro atoms. The van der Waals surface area contributed by atoms with E-state index in [0.717, 1.165) is 16.9 Å². The highest BCUT2D eigenvalue weighted by atomic mass is 16.5. The molecule has 1 N–H and O–H groups in total. The molecule has 0 aromatic heterocycles. The van der Waals surface area contributed by atoms with Crippen LogP contribution in [0.3, 0.4) is 0 Å². The third kappa shape index (κ3) is 5.45. The third-order valence-corrected chi connectivity index (χ3v) is 3.98. The first-order chi connectivity index (χ1) is 12.0. The summed E-state index contributed by atoms with van der Waals surface area (Å²) in [5.74, 6) is 0.621. The molecule has 0 saturated heterocycles. The van der Waals surface area contributed by atoms with E-state index >= 15 is 0 Å². The van der Waals surface area contributed by atoms with E-state index in [2.05, 4.69) is 5.32 Å². The first kappa shape index (κ1) is 18.7. The van der Waals surface area contributed by atoms with Gasteiger partial charge < -0.3 is 10.1 Å². The summed E-state index contributed by atoms with van der Waals surface area (Å²) in [6, 6.07) is 14.8. The molecule has 1 unspecified atom stereocenters. The van der Waals surface area contributed by atoms with Crippen molar-refractivity contribution in [2.45, 2.75) is 39.7 Å². The predicted octanol–water partition coefficient (Wildman–Crippen LogP) is 4.23. The second-order valence-electron chi connectivity index (χ2n) is 6.05. The van der Waals surface area contributed by atoms with Crippen molar-refractivity contribution in [3.63, 3.8) is 0 Å². The van der Waals surface area contributed by atoms with Crippen LogP contribution >= 0.6 is 0 Å². The molecular weight excluding hydrogens is 314 g/mol. The van der Waals surface area contributed by atoms with Gasteiger partial charge in [0.2, 0.25) is 5.91 Å². The molecule has 0 aliphatic heterocycles. The van der Waals surface area contributed by atoms with Crippen LogP contribution in [0.15, 0.2) is 48.5 Å². The van der Waals surface area contributed by atoms with Crippen molar-refractivity contribution < 1.29 is 14.3 Å². The number of amides is 1. The molecule has 2 rings (SSSR count). The van der Waals surface area contributed by atoms with Crippen molar-refractivity contribution in [2.75, 3.05) is 6.61 Å². The van der Waals surface area contributed by atoms with Crippen molar-refractivity contribution in [1.29, 1.82) is 0 Å². The third-order valence-electron chi connectivity index (χ3n) is 3.98. The van der Waals surface area contributed by atoms with E-state index in [4.69, 9.17) is 4.74 Å². The Morgan fingerprint density at radius 2 is 1.80 bits per heavy atom. The summed E-state index contributed by atoms with van der Waals surface area (Å²) in [5.41, 5.74) is 2.70. The van der Waals surface area contributed by atoms with E-state index in [1.165, 1.54) is 0 Å². The molecule has 1 atom stereocenters. The SMILES string of the molecule is CCOc1ccc(C)cc1C(C)NC(=O)CCC(=O)c1ccccc1. The topological polar surface area (TPSA) is 55.4 Å². The lowest BCUT2D eigenvalue weighted by Crippen LogP contribution is -2.27. The quantitative estimate of drug-likeness (QED) is 0.732. The number of rotatable bonds is 8. The van der Waals surface area contributed by atoms with Crippen LogP contribution in [-0.4, -0.2) is 18.3 Å². The van der Waals surface area contributed by atoms with E-state index in [0.29, 0.717) is 12.2 Å². The lowest BCUT2D eigenvalue weighted by molar-refractivity contribution is -0.121. The molecule has 0 aliphatic carbocycles. The summed E-state index contributed by atoms with van der Waals surface area (Å²) in [4.78, 5) is 24.3. The number of benzene rings is 2. The molecule has 2 aromatic rings. The molecule has 132 valence electrons. The molecule has 0 radical (unpaired) electrons. The zero-order valence-corrected chi connectivity index (χ0v) is 15.0. The average molecular weight is 339 g/mol. The Morgan fingerprint density at radius 3 is 2.48 bits per heavy atom. The number of ketones is 1. The maximum absolute atomic E-state index is 12.2. The number of carbonyl (C=O) groups excluding carboxylic acids is 2. The molecule has 25 heavy (non-hydrogen) atoms. The van der Waals surface area contributed by atoms with Crippen LogP contribution in [0.1, 0.15) is 54.2 Å². The second-order valence-corrected chi connectivity index (χ2v) is 6.05. The van der Waals surface area contributed by atoms with Crippen molar-refractivity contribution in [3.8, 4) is 5.75 Å². The van der Waals surface area contributed by atoms with Crippen LogP contribution in [0.5, 0.6) is 5.75 Å². The molecule has 0 bridgehead atoms. The highest BCUT2D eigenvalue weighted by Gasteiger charge is 2.16. The Labute approximate surface area is 149 Å². The number of carbonyl (C=O) groups is 2. The van der Waals surface area contributed by atoms with Crippen LogP contribution in [-0.2, 0) is 4.79 Å². The molecule has 4 nitrogen and oxygen atoms in total. The molecule has 0 aliphatic rings. The number of ether oxygens (including phenoxy) is 1. The van der Waals surface area contributed by atoms with Crippen LogP contribution in [0.4, 0.5) is 0 Å². The van der Waals surface area contributed by atoms with Crippen LogP contribution in [0.2, 0.25) is 0 Å². The molecule has 0 saturated carbocycles. The number of hydrogen-bond acceptors (Lipinski definition) is 3. The fraction of sp³-hybridized carbons (Fsp3) is 0.333. The van der Waals surface area contributed by atoms with Gasteiger partial charge in [0.05, 0.1) is 12.6 Å². The summed E-state index contributed by atoms with van der Waals surface area (Å²) >= 11 is 0. The zero-order chi connectivity index (χ0) is 18.2. The first-order valence-corrected chi connectivity index (χ1v) is 8.62. The van der Waals surface area contributed by atoms with Crippen molar-refractivity contribution in [1.82, 2.24) is 5.32 Å². The van der Waals surface area contributed by atoms with Gasteiger partial charge in [0.25, 0.3) is 0 Å². The highest BCUT2D eigenvalue weighted by Crippen LogP contribution is 2.26. The Morgan fingerprint density at radius 1 is 1.08 bits per heavy atom. The highest BCUT2D eigenvalue weighted by molar-refractivity contribution is 5.97. The van der Waals surface area contributed by atoms with Gasteiger partial charge in [-0.05, 0) is 26.8 Å². The van der Waals surface area contributed by atoms with Gasteiger partial charge in [0.15, 0.2) is 5.78 Å². The minimum atomic E-state index is -0.180. The number of aryl methyl sites for hydroxylation is 1. The van der Waals surface area contributed by atoms with Crippen molar-refractivity contribution in [2.24, 2.45) is 0 Å². The Hall–Kier alpha value is -2.62. The monoisotopic (exact) mass is 339 g/mol. The average Bonchev–Trinajstić information content (AvgIpc) is 2.62. The van der Waals surface area contributed by atoms with Crippen molar-refractivity contribution in [3.05, 3.63) is 65.2 Å². The van der Waals surface area contributed by atoms with E-state index in [9.17, 15) is 9.59 Å². The van der Waals surface area contributed by atoms with Gasteiger partial charge in [0.1, 0.15) is 5.75 Å². The van der Waals surface area contributed by atoms with Gasteiger partial charge in [-0.15, -0.1) is 0 Å². The molecule has 2 aromatic carbocycles. The second kappa shape index (κ2) is 9.02. The van der Waals surface area contributed by atoms with Gasteiger partial charge in [0, 0.05) is 24.0 Å². The summed E-state index contributed by atoms with van der Waals surface area (Å²) < 4.78 is 5.65. The standard InChI is InChI=1S/C21H25NO3/c1-4-25-20-12-10-15(2)14-18(20)16(3)22-21(24)13-11-19(23)17-8-6-5-7-9-17/h5-10,12,14,16H,4,11,13H2,1-3H3,(H,22,24). The van der Waals surface area contributed by atoms with Gasteiger partial charge >= 0.3 is 0 Å². The van der Waals surface area contributed by atoms with Gasteiger partial charge in [-0.1, -0.05) is 48.0 Å². The van der Waals surface area contributed by atoms with E-state index in [-0.39, 0.29) is 30.6 Å². The molecule has 4 heteroatoms. The fourth-order valence-corrected chi connectivity index (χ4v) is 2.68. The normalized spacial score (nSPS) is 11.6. The van der Waals surface area contributed by atoms with Gasteiger partial charge in [-0.25, -0.2) is 0 Å². The van der Waals surface area contributed by atoms with Crippen LogP contribution < -0.4 is 10.1 Å². The summed E-state index contributed by atoms with van der Waals surface area (Å²) in [7, 11) is 0. The number of nitrogens with one attached hydrogen (secondary N) is 1. The Balaban J connectivity index is 1.94. The maximum atomic E-state index is 12.2. The molecule has 0 heterocycles. The summed E-state index contributed by atoms with van der Waals surface area (Å²) in [5, 5.41) is 2.96. The van der Waals surface area contributed by atoms with Crippen molar-refractivity contribution >= 4 is 11.7 Å². The molecule has 0 fully saturated rings. The Bertz CT molecular complexity index is 725. The zero-order valence-electron chi connectivity index (χ0n) is 15.0. The predicted molar refractivity (Wildman–Crippen MR) is 98.9 cm³/mol. The summed E-state index contributed by atoms with van der Waals surface area (Å²) in [6.45, 7) is 6.44. The number of hydrogen-bond donors (Lipinski definition) is 1. The fourth-order valence-electron chi connectivity index (χ4n) is 2.68. The molecule has 1 amide bonds. The van der Waals surface area contributed by atoms with Gasteiger partial charge in [-0.2, -0.15) is 0 Å². The van der Waals surface area contributed by atoms with Crippen LogP contribution in [0, 0.1) is 6.92 Å². The summed E-state index contributed by atoms with van der Waals surface area (Å²) in [6.07, 6.45) is 0.378. The maximum Gasteiger partial charge on any atom is 0.220 e. The van der Waals surface area contributed by atoms with Crippen LogP contribution in [0.25, 0.3) is 0 Å². The number of Topliss-reactive ketones (excluding diaryl/α,β-unsaturated/α-hetero) is 1. The smallest absolute Gasteiger partial charge is 0.220 e. The van der Waals surface area contributed by atoms with Gasteiger partial charge in [-0.3, -0.25) is 9.59 Å². The van der Waals surface area contributed by atoms with E-state index < -0.39 is 0 Å². The van der Waals surface area contributed by atoms with E-state index in [1.54, 1.807) is 12.1 Å². The largest absolute Gasteiger partial charge is 0.494 e. The van der Waals surface area contributed by atoms with E-state index in [1.807, 2.05) is 57.2 Å². The lowest BCUT2D eigenvalue weighted by Gasteiger charge is -2.18. The molecular formula is C21H25NO3. The first-order valence-electron chi connectivity index (χ1n) is 8.62. The lowest BCUT2D eigenvalue weighted by atomic mass is 10.0. The minimum Gasteiger partial charge on any atom is -0.494 e.